The van der Waals surface area contributed by atoms with E-state index in [0.29, 0.717) is 0 Å². The van der Waals surface area contributed by atoms with Gasteiger partial charge < -0.3 is 21.3 Å². The molecule has 1 rings (SSSR count). The fourth-order valence-electron chi connectivity index (χ4n) is 1.32. The summed E-state index contributed by atoms with van der Waals surface area (Å²) in [6, 6.07) is 6.05. The predicted molar refractivity (Wildman–Crippen MR) is 64.5 cm³/mol. The third-order valence-electron chi connectivity index (χ3n) is 2.43. The van der Waals surface area contributed by atoms with Crippen molar-refractivity contribution in [3.63, 3.8) is 0 Å². The van der Waals surface area contributed by atoms with E-state index in [1.807, 2.05) is 0 Å². The van der Waals surface area contributed by atoms with E-state index < -0.39 is 12.1 Å². The van der Waals surface area contributed by atoms with Gasteiger partial charge in [-0.25, -0.2) is 0 Å². The summed E-state index contributed by atoms with van der Waals surface area (Å²) in [4.78, 5) is 11.5. The first-order valence-corrected chi connectivity index (χ1v) is 5.47. The smallest absolute Gasteiger partial charge is 0.224 e. The summed E-state index contributed by atoms with van der Waals surface area (Å²) in [6.07, 6.45) is -0.475. The van der Waals surface area contributed by atoms with Gasteiger partial charge in [0.25, 0.3) is 0 Å². The van der Waals surface area contributed by atoms with Crippen LogP contribution in [-0.2, 0) is 11.2 Å². The van der Waals surface area contributed by atoms with E-state index in [4.69, 9.17) is 10.8 Å². The normalized spacial score (nSPS) is 14.1. The van der Waals surface area contributed by atoms with E-state index in [-0.39, 0.29) is 24.6 Å². The van der Waals surface area contributed by atoms with E-state index in [9.17, 15) is 9.90 Å². The summed E-state index contributed by atoms with van der Waals surface area (Å²) >= 11 is 0. The first kappa shape index (κ1) is 13.5. The van der Waals surface area contributed by atoms with Crippen LogP contribution in [0.5, 0.6) is 5.75 Å². The number of amides is 1. The molecule has 1 aromatic carbocycles. The fraction of sp³-hybridized carbons (Fsp3) is 0.417. The number of aromatic hydroxyl groups is 1. The quantitative estimate of drug-likeness (QED) is 0.569. The minimum absolute atomic E-state index is 0.135. The van der Waals surface area contributed by atoms with E-state index >= 15 is 0 Å². The second kappa shape index (κ2) is 6.22. The number of benzene rings is 1. The highest BCUT2D eigenvalue weighted by molar-refractivity contribution is 5.78. The lowest BCUT2D eigenvalue weighted by Gasteiger charge is -2.15. The molecule has 0 aliphatic rings. The highest BCUT2D eigenvalue weighted by Gasteiger charge is 2.11. The van der Waals surface area contributed by atoms with Gasteiger partial charge in [-0.15, -0.1) is 0 Å². The molecule has 0 radical (unpaired) electrons. The zero-order chi connectivity index (χ0) is 12.8. The van der Waals surface area contributed by atoms with Crippen LogP contribution in [0.4, 0.5) is 0 Å². The number of nitrogens with two attached hydrogens (primary N) is 1. The Balaban J connectivity index is 2.40. The SMILES string of the molecule is CC(O)C(N)CNC(=O)Cc1cccc(O)c1. The number of hydrogen-bond acceptors (Lipinski definition) is 4. The molecule has 0 aliphatic carbocycles. The van der Waals surface area contributed by atoms with E-state index in [0.717, 1.165) is 5.56 Å². The lowest BCUT2D eigenvalue weighted by atomic mass is 10.1. The van der Waals surface area contributed by atoms with Crippen molar-refractivity contribution in [2.24, 2.45) is 5.73 Å². The Bertz CT molecular complexity index is 380. The van der Waals surface area contributed by atoms with E-state index in [2.05, 4.69) is 5.32 Å². The molecule has 2 atom stereocenters. The van der Waals surface area contributed by atoms with Crippen molar-refractivity contribution in [3.05, 3.63) is 29.8 Å². The maximum absolute atomic E-state index is 11.5. The monoisotopic (exact) mass is 238 g/mol. The number of nitrogens with one attached hydrogen (secondary N) is 1. The van der Waals surface area contributed by atoms with Gasteiger partial charge in [-0.05, 0) is 24.6 Å². The molecule has 17 heavy (non-hydrogen) atoms. The van der Waals surface area contributed by atoms with E-state index in [1.54, 1.807) is 25.1 Å². The molecule has 1 amide bonds. The number of aliphatic hydroxyl groups excluding tert-OH is 1. The summed E-state index contributed by atoms with van der Waals surface area (Å²) in [5.41, 5.74) is 6.31. The molecule has 0 aliphatic heterocycles. The molecule has 0 fully saturated rings. The van der Waals surface area contributed by atoms with Crippen molar-refractivity contribution in [1.82, 2.24) is 5.32 Å². The Kier molecular flexibility index (Phi) is 4.93. The average Bonchev–Trinajstić information content (AvgIpc) is 2.25. The van der Waals surface area contributed by atoms with Gasteiger partial charge in [0, 0.05) is 12.6 Å². The Morgan fingerprint density at radius 3 is 2.82 bits per heavy atom. The molecule has 0 saturated carbocycles. The van der Waals surface area contributed by atoms with Crippen molar-refractivity contribution in [3.8, 4) is 5.75 Å². The van der Waals surface area contributed by atoms with Crippen LogP contribution in [0.25, 0.3) is 0 Å². The molecule has 0 aromatic heterocycles. The van der Waals surface area contributed by atoms with Crippen molar-refractivity contribution < 1.29 is 15.0 Å². The number of carbonyl (C=O) groups excluding carboxylic acids is 1. The highest BCUT2D eigenvalue weighted by atomic mass is 16.3. The van der Waals surface area contributed by atoms with Crippen molar-refractivity contribution in [2.45, 2.75) is 25.5 Å². The van der Waals surface area contributed by atoms with Crippen LogP contribution >= 0.6 is 0 Å². The van der Waals surface area contributed by atoms with Gasteiger partial charge in [0.2, 0.25) is 5.91 Å². The minimum atomic E-state index is -0.656. The molecular weight excluding hydrogens is 220 g/mol. The Hall–Kier alpha value is -1.59. The molecule has 5 heteroatoms. The van der Waals surface area contributed by atoms with Crippen molar-refractivity contribution in [2.75, 3.05) is 6.54 Å². The summed E-state index contributed by atoms with van der Waals surface area (Å²) in [5.74, 6) is -0.0531. The Morgan fingerprint density at radius 1 is 1.53 bits per heavy atom. The molecule has 5 N–H and O–H groups in total. The summed E-state index contributed by atoms with van der Waals surface area (Å²) in [5, 5.41) is 21.0. The van der Waals surface area contributed by atoms with Crippen LogP contribution in [0.15, 0.2) is 24.3 Å². The molecule has 2 unspecified atom stereocenters. The van der Waals surface area contributed by atoms with Crippen molar-refractivity contribution >= 4 is 5.91 Å². The number of phenols is 1. The van der Waals surface area contributed by atoms with Crippen LogP contribution in [0, 0.1) is 0 Å². The minimum Gasteiger partial charge on any atom is -0.508 e. The van der Waals surface area contributed by atoms with Gasteiger partial charge >= 0.3 is 0 Å². The maximum Gasteiger partial charge on any atom is 0.224 e. The fourth-order valence-corrected chi connectivity index (χ4v) is 1.32. The summed E-state index contributed by atoms with van der Waals surface area (Å²) in [7, 11) is 0. The number of rotatable bonds is 5. The first-order chi connectivity index (χ1) is 7.99. The number of hydrogen-bond donors (Lipinski definition) is 4. The molecular formula is C12H18N2O3. The van der Waals surface area contributed by atoms with Gasteiger partial charge in [-0.2, -0.15) is 0 Å². The molecule has 5 nitrogen and oxygen atoms in total. The molecule has 0 bridgehead atoms. The topological polar surface area (TPSA) is 95.6 Å². The van der Waals surface area contributed by atoms with Crippen LogP contribution in [0.2, 0.25) is 0 Å². The van der Waals surface area contributed by atoms with Gasteiger partial charge in [-0.3, -0.25) is 4.79 Å². The predicted octanol–water partition coefficient (Wildman–Crippen LogP) is -0.241. The van der Waals surface area contributed by atoms with Gasteiger partial charge in [-0.1, -0.05) is 12.1 Å². The van der Waals surface area contributed by atoms with Gasteiger partial charge in [0.1, 0.15) is 5.75 Å². The van der Waals surface area contributed by atoms with Crippen LogP contribution in [0.1, 0.15) is 12.5 Å². The number of phenolic OH excluding ortho intramolecular Hbond substituents is 1. The molecule has 0 heterocycles. The summed E-state index contributed by atoms with van der Waals surface area (Å²) < 4.78 is 0. The largest absolute Gasteiger partial charge is 0.508 e. The Morgan fingerprint density at radius 2 is 2.24 bits per heavy atom. The Labute approximate surface area is 100 Å². The highest BCUT2D eigenvalue weighted by Crippen LogP contribution is 2.11. The number of aliphatic hydroxyl groups is 1. The zero-order valence-corrected chi connectivity index (χ0v) is 9.76. The number of carbonyl (C=O) groups is 1. The molecule has 0 saturated heterocycles. The standard InChI is InChI=1S/C12H18N2O3/c1-8(15)11(13)7-14-12(17)6-9-3-2-4-10(16)5-9/h2-5,8,11,15-16H,6-7,13H2,1H3,(H,14,17). The first-order valence-electron chi connectivity index (χ1n) is 5.47. The molecule has 0 spiro atoms. The van der Waals surface area contributed by atoms with Crippen LogP contribution < -0.4 is 11.1 Å². The van der Waals surface area contributed by atoms with Crippen LogP contribution in [-0.4, -0.2) is 34.8 Å². The lowest BCUT2D eigenvalue weighted by molar-refractivity contribution is -0.120. The average molecular weight is 238 g/mol. The van der Waals surface area contributed by atoms with Crippen molar-refractivity contribution in [1.29, 1.82) is 0 Å². The van der Waals surface area contributed by atoms with E-state index in [1.165, 1.54) is 6.07 Å². The molecule has 94 valence electrons. The maximum atomic E-state index is 11.5. The third kappa shape index (κ3) is 4.84. The van der Waals surface area contributed by atoms with Crippen LogP contribution in [0.3, 0.4) is 0 Å². The lowest BCUT2D eigenvalue weighted by Crippen LogP contribution is -2.44. The molecule has 1 aromatic rings. The second-order valence-corrected chi connectivity index (χ2v) is 4.06. The third-order valence-corrected chi connectivity index (χ3v) is 2.43. The van der Waals surface area contributed by atoms with Gasteiger partial charge in [0.05, 0.1) is 12.5 Å². The summed E-state index contributed by atoms with van der Waals surface area (Å²) in [6.45, 7) is 1.81. The second-order valence-electron chi connectivity index (χ2n) is 4.06. The van der Waals surface area contributed by atoms with Gasteiger partial charge in [0.15, 0.2) is 0 Å². The zero-order valence-electron chi connectivity index (χ0n) is 9.76.